The molecular formula is C18H18N8. The largest absolute Gasteiger partial charge is 0.362 e. The number of rotatable bonds is 5. The molecule has 0 amide bonds. The molecule has 3 aromatic heterocycles. The zero-order valence-corrected chi connectivity index (χ0v) is 14.3. The van der Waals surface area contributed by atoms with E-state index in [1.807, 2.05) is 21.5 Å². The van der Waals surface area contributed by atoms with Gasteiger partial charge in [-0.3, -0.25) is 0 Å². The highest BCUT2D eigenvalue weighted by Gasteiger charge is 2.28. The first-order valence-electron chi connectivity index (χ1n) is 8.70. The van der Waals surface area contributed by atoms with Gasteiger partial charge >= 0.3 is 0 Å². The molecule has 0 saturated heterocycles. The summed E-state index contributed by atoms with van der Waals surface area (Å²) in [6.07, 6.45) is 9.35. The van der Waals surface area contributed by atoms with Crippen LogP contribution in [0.3, 0.4) is 0 Å². The fourth-order valence-electron chi connectivity index (χ4n) is 3.09. The number of aromatic nitrogens is 7. The van der Waals surface area contributed by atoms with Crippen LogP contribution in [0.15, 0.2) is 49.3 Å². The number of nitrogens with one attached hydrogen (secondary N) is 1. The summed E-state index contributed by atoms with van der Waals surface area (Å²) in [6, 6.07) is 8.83. The highest BCUT2D eigenvalue weighted by Crippen LogP contribution is 2.36. The van der Waals surface area contributed by atoms with Crippen molar-refractivity contribution < 1.29 is 0 Å². The van der Waals surface area contributed by atoms with Gasteiger partial charge in [-0.25, -0.2) is 19.6 Å². The zero-order valence-electron chi connectivity index (χ0n) is 14.3. The van der Waals surface area contributed by atoms with Gasteiger partial charge in [-0.15, -0.1) is 5.10 Å². The highest BCUT2D eigenvalue weighted by atomic mass is 15.5. The van der Waals surface area contributed by atoms with E-state index >= 15 is 0 Å². The fourth-order valence-corrected chi connectivity index (χ4v) is 3.09. The van der Waals surface area contributed by atoms with Gasteiger partial charge in [-0.05, 0) is 37.5 Å². The molecule has 1 atom stereocenters. The third-order valence-corrected chi connectivity index (χ3v) is 4.68. The average molecular weight is 346 g/mol. The lowest BCUT2D eigenvalue weighted by Gasteiger charge is -2.16. The molecule has 1 unspecified atom stereocenters. The van der Waals surface area contributed by atoms with Gasteiger partial charge in [0.25, 0.3) is 0 Å². The van der Waals surface area contributed by atoms with Crippen LogP contribution >= 0.6 is 0 Å². The van der Waals surface area contributed by atoms with E-state index in [1.165, 1.54) is 0 Å². The topological polar surface area (TPSA) is 86.3 Å². The first-order chi connectivity index (χ1) is 12.8. The zero-order chi connectivity index (χ0) is 17.5. The van der Waals surface area contributed by atoms with Gasteiger partial charge < -0.3 is 9.88 Å². The molecule has 1 N–H and O–H groups in total. The molecule has 26 heavy (non-hydrogen) atoms. The summed E-state index contributed by atoms with van der Waals surface area (Å²) in [5.74, 6) is 0.711. The Morgan fingerprint density at radius 3 is 2.96 bits per heavy atom. The van der Waals surface area contributed by atoms with Crippen molar-refractivity contribution in [1.29, 1.82) is 0 Å². The molecule has 0 bridgehead atoms. The van der Waals surface area contributed by atoms with Crippen LogP contribution in [0.2, 0.25) is 0 Å². The number of benzene rings is 1. The van der Waals surface area contributed by atoms with E-state index in [4.69, 9.17) is 0 Å². The van der Waals surface area contributed by atoms with Gasteiger partial charge in [-0.1, -0.05) is 17.3 Å². The molecule has 1 aliphatic rings. The fraction of sp³-hybridized carbons (Fsp3) is 0.278. The predicted molar refractivity (Wildman–Crippen MR) is 97.0 cm³/mol. The molecule has 0 radical (unpaired) electrons. The molecule has 8 nitrogen and oxygen atoms in total. The van der Waals surface area contributed by atoms with E-state index in [0.717, 1.165) is 35.3 Å². The molecule has 1 fully saturated rings. The van der Waals surface area contributed by atoms with E-state index in [2.05, 4.69) is 55.7 Å². The summed E-state index contributed by atoms with van der Waals surface area (Å²) in [6.45, 7) is 2.10. The summed E-state index contributed by atoms with van der Waals surface area (Å²) < 4.78 is 3.90. The molecule has 130 valence electrons. The van der Waals surface area contributed by atoms with Crippen molar-refractivity contribution >= 4 is 17.0 Å². The van der Waals surface area contributed by atoms with E-state index < -0.39 is 0 Å². The Balaban J connectivity index is 1.45. The number of nitrogens with zero attached hydrogens (tertiary/aromatic N) is 7. The quantitative estimate of drug-likeness (QED) is 0.598. The van der Waals surface area contributed by atoms with Crippen LogP contribution in [0.5, 0.6) is 0 Å². The Labute approximate surface area is 149 Å². The Hall–Kier alpha value is -3.29. The normalized spacial score (nSPS) is 15.3. The SMILES string of the molecule is CC(Nc1ncnc2c1nnn2C1CC1)c1cccc(-n2ccnc2)c1. The smallest absolute Gasteiger partial charge is 0.184 e. The van der Waals surface area contributed by atoms with Crippen molar-refractivity contribution in [2.24, 2.45) is 0 Å². The van der Waals surface area contributed by atoms with E-state index in [-0.39, 0.29) is 6.04 Å². The molecule has 4 aromatic rings. The van der Waals surface area contributed by atoms with Crippen molar-refractivity contribution in [3.8, 4) is 5.69 Å². The Kier molecular flexibility index (Phi) is 3.41. The van der Waals surface area contributed by atoms with Crippen LogP contribution in [0.25, 0.3) is 16.9 Å². The molecule has 0 aliphatic heterocycles. The number of anilines is 1. The van der Waals surface area contributed by atoms with Crippen molar-refractivity contribution in [1.82, 2.24) is 34.5 Å². The maximum Gasteiger partial charge on any atom is 0.184 e. The lowest BCUT2D eigenvalue weighted by atomic mass is 10.1. The molecule has 5 rings (SSSR count). The average Bonchev–Trinajstić information content (AvgIpc) is 3.19. The summed E-state index contributed by atoms with van der Waals surface area (Å²) in [4.78, 5) is 12.9. The molecule has 3 heterocycles. The number of fused-ring (bicyclic) bond motifs is 1. The molecular weight excluding hydrogens is 328 g/mol. The van der Waals surface area contributed by atoms with Crippen molar-refractivity contribution in [3.05, 3.63) is 54.9 Å². The minimum atomic E-state index is 0.0580. The second-order valence-electron chi connectivity index (χ2n) is 6.59. The predicted octanol–water partition coefficient (Wildman–Crippen LogP) is 2.92. The van der Waals surface area contributed by atoms with Crippen LogP contribution < -0.4 is 5.32 Å². The highest BCUT2D eigenvalue weighted by molar-refractivity contribution is 5.82. The molecule has 1 aliphatic carbocycles. The van der Waals surface area contributed by atoms with Gasteiger partial charge in [-0.2, -0.15) is 0 Å². The summed E-state index contributed by atoms with van der Waals surface area (Å²) in [5, 5.41) is 12.0. The summed E-state index contributed by atoms with van der Waals surface area (Å²) >= 11 is 0. The maximum atomic E-state index is 4.38. The third kappa shape index (κ3) is 2.59. The lowest BCUT2D eigenvalue weighted by molar-refractivity contribution is 0.624. The van der Waals surface area contributed by atoms with Gasteiger partial charge in [0.05, 0.1) is 18.4 Å². The molecule has 1 saturated carbocycles. The lowest BCUT2D eigenvalue weighted by Crippen LogP contribution is -2.09. The minimum Gasteiger partial charge on any atom is -0.362 e. The van der Waals surface area contributed by atoms with Gasteiger partial charge in [0, 0.05) is 18.1 Å². The number of imidazole rings is 1. The molecule has 0 spiro atoms. The van der Waals surface area contributed by atoms with E-state index in [1.54, 1.807) is 18.9 Å². The first-order valence-corrected chi connectivity index (χ1v) is 8.70. The van der Waals surface area contributed by atoms with Gasteiger partial charge in [0.1, 0.15) is 6.33 Å². The first kappa shape index (κ1) is 15.0. The Morgan fingerprint density at radius 1 is 1.23 bits per heavy atom. The van der Waals surface area contributed by atoms with Crippen LogP contribution in [0.4, 0.5) is 5.82 Å². The Morgan fingerprint density at radius 2 is 2.15 bits per heavy atom. The van der Waals surface area contributed by atoms with Crippen LogP contribution in [-0.2, 0) is 0 Å². The number of hydrogen-bond acceptors (Lipinski definition) is 6. The Bertz CT molecular complexity index is 1050. The molecule has 1 aromatic carbocycles. The second kappa shape index (κ2) is 5.91. The number of hydrogen-bond donors (Lipinski definition) is 1. The van der Waals surface area contributed by atoms with Crippen molar-refractivity contribution in [3.63, 3.8) is 0 Å². The van der Waals surface area contributed by atoms with Gasteiger partial charge in [0.2, 0.25) is 0 Å². The van der Waals surface area contributed by atoms with Gasteiger partial charge in [0.15, 0.2) is 17.0 Å². The van der Waals surface area contributed by atoms with E-state index in [9.17, 15) is 0 Å². The van der Waals surface area contributed by atoms with Crippen molar-refractivity contribution in [2.75, 3.05) is 5.32 Å². The monoisotopic (exact) mass is 346 g/mol. The second-order valence-corrected chi connectivity index (χ2v) is 6.59. The van der Waals surface area contributed by atoms with Crippen LogP contribution in [-0.4, -0.2) is 34.5 Å². The van der Waals surface area contributed by atoms with E-state index in [0.29, 0.717) is 11.9 Å². The summed E-state index contributed by atoms with van der Waals surface area (Å²) in [5.41, 5.74) is 3.74. The molecule has 8 heteroatoms. The standard InChI is InChI=1S/C18H18N8/c1-12(13-3-2-4-15(9-13)25-8-7-19-11-25)22-17-16-18(21-10-20-17)26(24-23-16)14-5-6-14/h2-4,7-12,14H,5-6H2,1H3,(H,20,21,22). The summed E-state index contributed by atoms with van der Waals surface area (Å²) in [7, 11) is 0. The maximum absolute atomic E-state index is 4.38. The van der Waals surface area contributed by atoms with Crippen LogP contribution in [0.1, 0.15) is 37.4 Å². The third-order valence-electron chi connectivity index (χ3n) is 4.68. The van der Waals surface area contributed by atoms with Crippen molar-refractivity contribution in [2.45, 2.75) is 31.8 Å². The minimum absolute atomic E-state index is 0.0580. The van der Waals surface area contributed by atoms with Crippen LogP contribution in [0, 0.1) is 0 Å².